The summed E-state index contributed by atoms with van der Waals surface area (Å²) in [6.45, 7) is 3.18. The molecule has 0 saturated carbocycles. The van der Waals surface area contributed by atoms with Crippen molar-refractivity contribution < 1.29 is 14.3 Å². The SMILES string of the molecule is CCOC(=O)CNC(=O)N1CCC(c2nc(-c3ccc(Cl)c(Cl)c3)cs2)CC1. The maximum atomic E-state index is 12.2. The second-order valence-corrected chi connectivity index (χ2v) is 8.13. The molecule has 1 aromatic heterocycles. The molecular weight excluding hydrogens is 421 g/mol. The van der Waals surface area contributed by atoms with Crippen molar-refractivity contribution in [3.8, 4) is 11.3 Å². The summed E-state index contributed by atoms with van der Waals surface area (Å²) >= 11 is 13.7. The van der Waals surface area contributed by atoms with Gasteiger partial charge in [0.2, 0.25) is 0 Å². The van der Waals surface area contributed by atoms with Gasteiger partial charge in [0.05, 0.1) is 27.4 Å². The predicted molar refractivity (Wildman–Crippen MR) is 111 cm³/mol. The summed E-state index contributed by atoms with van der Waals surface area (Å²) in [4.78, 5) is 30.0. The smallest absolute Gasteiger partial charge is 0.325 e. The molecule has 1 aliphatic heterocycles. The van der Waals surface area contributed by atoms with E-state index in [-0.39, 0.29) is 12.6 Å². The topological polar surface area (TPSA) is 71.5 Å². The summed E-state index contributed by atoms with van der Waals surface area (Å²) in [5.74, 6) is -0.112. The molecule has 1 fully saturated rings. The minimum absolute atomic E-state index is 0.105. The molecule has 1 aliphatic rings. The molecule has 0 spiro atoms. The highest BCUT2D eigenvalue weighted by atomic mass is 35.5. The van der Waals surface area contributed by atoms with Crippen LogP contribution in [0.15, 0.2) is 23.6 Å². The number of esters is 1. The molecule has 1 aromatic carbocycles. The van der Waals surface area contributed by atoms with Crippen LogP contribution in [0.3, 0.4) is 0 Å². The average Bonchev–Trinajstić information content (AvgIpc) is 3.19. The summed E-state index contributed by atoms with van der Waals surface area (Å²) in [7, 11) is 0. The maximum absolute atomic E-state index is 12.2. The van der Waals surface area contributed by atoms with E-state index < -0.39 is 5.97 Å². The van der Waals surface area contributed by atoms with Crippen molar-refractivity contribution in [2.24, 2.45) is 0 Å². The molecule has 28 heavy (non-hydrogen) atoms. The highest BCUT2D eigenvalue weighted by molar-refractivity contribution is 7.10. The Morgan fingerprint density at radius 2 is 2.04 bits per heavy atom. The number of halogens is 2. The molecule has 9 heteroatoms. The lowest BCUT2D eigenvalue weighted by molar-refractivity contribution is -0.141. The summed E-state index contributed by atoms with van der Waals surface area (Å²) in [5, 5.41) is 6.72. The molecule has 0 radical (unpaired) electrons. The van der Waals surface area contributed by atoms with Gasteiger partial charge < -0.3 is 15.0 Å². The monoisotopic (exact) mass is 441 g/mol. The minimum Gasteiger partial charge on any atom is -0.465 e. The van der Waals surface area contributed by atoms with Crippen molar-refractivity contribution in [1.29, 1.82) is 0 Å². The Balaban J connectivity index is 1.54. The van der Waals surface area contributed by atoms with Crippen LogP contribution >= 0.6 is 34.5 Å². The van der Waals surface area contributed by atoms with Gasteiger partial charge in [0.1, 0.15) is 6.54 Å². The van der Waals surface area contributed by atoms with Crippen LogP contribution in [-0.4, -0.2) is 48.1 Å². The fraction of sp³-hybridized carbons (Fsp3) is 0.421. The zero-order valence-corrected chi connectivity index (χ0v) is 17.7. The van der Waals surface area contributed by atoms with Crippen molar-refractivity contribution in [2.45, 2.75) is 25.7 Å². The van der Waals surface area contributed by atoms with Crippen molar-refractivity contribution in [3.05, 3.63) is 38.6 Å². The Hall–Kier alpha value is -1.83. The Bertz CT molecular complexity index is 851. The zero-order chi connectivity index (χ0) is 20.1. The molecule has 150 valence electrons. The quantitative estimate of drug-likeness (QED) is 0.689. The third-order valence-corrected chi connectivity index (χ3v) is 6.30. The number of thiazole rings is 1. The van der Waals surface area contributed by atoms with Crippen molar-refractivity contribution >= 4 is 46.5 Å². The van der Waals surface area contributed by atoms with Gasteiger partial charge in [0, 0.05) is 30.0 Å². The van der Waals surface area contributed by atoms with E-state index >= 15 is 0 Å². The average molecular weight is 442 g/mol. The number of carbonyl (C=O) groups is 2. The van der Waals surface area contributed by atoms with Gasteiger partial charge in [0.15, 0.2) is 0 Å². The molecule has 0 unspecified atom stereocenters. The van der Waals surface area contributed by atoms with Gasteiger partial charge in [-0.15, -0.1) is 11.3 Å². The van der Waals surface area contributed by atoms with Crippen LogP contribution in [0.5, 0.6) is 0 Å². The summed E-state index contributed by atoms with van der Waals surface area (Å²) in [6, 6.07) is 5.26. The molecule has 1 saturated heterocycles. The normalized spacial score (nSPS) is 14.8. The van der Waals surface area contributed by atoms with Crippen molar-refractivity contribution in [2.75, 3.05) is 26.2 Å². The third kappa shape index (κ3) is 5.16. The summed E-state index contributed by atoms with van der Waals surface area (Å²) in [5.41, 5.74) is 1.82. The molecule has 0 bridgehead atoms. The van der Waals surface area contributed by atoms with Gasteiger partial charge in [0.25, 0.3) is 0 Å². The molecule has 6 nitrogen and oxygen atoms in total. The van der Waals surface area contributed by atoms with E-state index in [1.807, 2.05) is 17.5 Å². The van der Waals surface area contributed by atoms with E-state index in [9.17, 15) is 9.59 Å². The van der Waals surface area contributed by atoms with Crippen molar-refractivity contribution in [3.63, 3.8) is 0 Å². The number of aromatic nitrogens is 1. The number of piperidine rings is 1. The summed E-state index contributed by atoms with van der Waals surface area (Å²) in [6.07, 6.45) is 1.67. The molecule has 2 amide bonds. The lowest BCUT2D eigenvalue weighted by Crippen LogP contribution is -2.45. The van der Waals surface area contributed by atoms with Gasteiger partial charge in [-0.3, -0.25) is 4.79 Å². The van der Waals surface area contributed by atoms with Crippen LogP contribution < -0.4 is 5.32 Å². The molecular formula is C19H21Cl2N3O3S. The van der Waals surface area contributed by atoms with Crippen LogP contribution in [0.25, 0.3) is 11.3 Å². The molecule has 0 atom stereocenters. The second kappa shape index (κ2) is 9.58. The largest absolute Gasteiger partial charge is 0.465 e. The van der Waals surface area contributed by atoms with E-state index in [0.717, 1.165) is 29.1 Å². The van der Waals surface area contributed by atoms with Gasteiger partial charge in [-0.05, 0) is 31.9 Å². The standard InChI is InChI=1S/C19H21Cl2N3O3S/c1-2-27-17(25)10-22-19(26)24-7-5-12(6-8-24)18-23-16(11-28-18)13-3-4-14(20)15(21)9-13/h3-4,9,11-12H,2,5-8,10H2,1H3,(H,22,26). The van der Waals surface area contributed by atoms with E-state index in [1.54, 1.807) is 29.2 Å². The zero-order valence-electron chi connectivity index (χ0n) is 15.4. The Kier molecular flexibility index (Phi) is 7.15. The van der Waals surface area contributed by atoms with Gasteiger partial charge in [-0.25, -0.2) is 9.78 Å². The number of urea groups is 1. The first-order valence-corrected chi connectivity index (χ1v) is 10.7. The van der Waals surface area contributed by atoms with Gasteiger partial charge in [-0.1, -0.05) is 29.3 Å². The first-order chi connectivity index (χ1) is 13.5. The highest BCUT2D eigenvalue weighted by Gasteiger charge is 2.26. The van der Waals surface area contributed by atoms with E-state index in [1.165, 1.54) is 0 Å². The van der Waals surface area contributed by atoms with Gasteiger partial charge in [-0.2, -0.15) is 0 Å². The van der Waals surface area contributed by atoms with E-state index in [0.29, 0.717) is 35.7 Å². The Labute approximate surface area is 177 Å². The van der Waals surface area contributed by atoms with Crippen LogP contribution in [0.2, 0.25) is 10.0 Å². The Morgan fingerprint density at radius 1 is 1.29 bits per heavy atom. The van der Waals surface area contributed by atoms with Crippen LogP contribution in [-0.2, 0) is 9.53 Å². The van der Waals surface area contributed by atoms with E-state index in [2.05, 4.69) is 5.32 Å². The number of nitrogens with zero attached hydrogens (tertiary/aromatic N) is 2. The lowest BCUT2D eigenvalue weighted by Gasteiger charge is -2.31. The number of nitrogens with one attached hydrogen (secondary N) is 1. The van der Waals surface area contributed by atoms with Crippen LogP contribution in [0.1, 0.15) is 30.7 Å². The molecule has 2 aromatic rings. The number of carbonyl (C=O) groups excluding carboxylic acids is 2. The number of ether oxygens (including phenoxy) is 1. The lowest BCUT2D eigenvalue weighted by atomic mass is 9.98. The number of likely N-dealkylation sites (tertiary alicyclic amines) is 1. The van der Waals surface area contributed by atoms with Crippen molar-refractivity contribution in [1.82, 2.24) is 15.2 Å². The third-order valence-electron chi connectivity index (χ3n) is 4.56. The second-order valence-electron chi connectivity index (χ2n) is 6.42. The number of amides is 2. The number of benzene rings is 1. The summed E-state index contributed by atoms with van der Waals surface area (Å²) < 4.78 is 4.81. The first kappa shape index (κ1) is 20.9. The van der Waals surface area contributed by atoms with Crippen LogP contribution in [0.4, 0.5) is 4.79 Å². The first-order valence-electron chi connectivity index (χ1n) is 9.07. The number of hydrogen-bond donors (Lipinski definition) is 1. The number of hydrogen-bond acceptors (Lipinski definition) is 5. The molecule has 3 rings (SSSR count). The van der Waals surface area contributed by atoms with Crippen LogP contribution in [0, 0.1) is 0 Å². The van der Waals surface area contributed by atoms with E-state index in [4.69, 9.17) is 32.9 Å². The maximum Gasteiger partial charge on any atom is 0.325 e. The fourth-order valence-corrected chi connectivity index (χ4v) is 4.36. The molecule has 0 aliphatic carbocycles. The fourth-order valence-electron chi connectivity index (χ4n) is 3.06. The number of rotatable bonds is 5. The van der Waals surface area contributed by atoms with Gasteiger partial charge >= 0.3 is 12.0 Å². The minimum atomic E-state index is -0.427. The molecule has 2 heterocycles. The highest BCUT2D eigenvalue weighted by Crippen LogP contribution is 2.34. The predicted octanol–water partition coefficient (Wildman–Crippen LogP) is 4.57. The molecule has 1 N–H and O–H groups in total. The Morgan fingerprint density at radius 3 is 2.71 bits per heavy atom.